The summed E-state index contributed by atoms with van der Waals surface area (Å²) in [7, 11) is 8.91. The Morgan fingerprint density at radius 1 is 0.545 bits per heavy atom. The van der Waals surface area contributed by atoms with Crippen molar-refractivity contribution in [3.8, 4) is 33.8 Å². The molecule has 5 heterocycles. The van der Waals surface area contributed by atoms with Crippen molar-refractivity contribution in [2.75, 3.05) is 100 Å². The maximum Gasteiger partial charge on any atom is 0.410 e. The molecule has 3 aromatic carbocycles. The van der Waals surface area contributed by atoms with E-state index in [-0.39, 0.29) is 81.5 Å². The van der Waals surface area contributed by atoms with E-state index >= 15 is 0 Å². The van der Waals surface area contributed by atoms with Crippen molar-refractivity contribution >= 4 is 105 Å². The molecular weight excluding hydrogens is 1330 g/mol. The first-order valence-corrected chi connectivity index (χ1v) is 30.9. The molecule has 4 amide bonds. The van der Waals surface area contributed by atoms with Gasteiger partial charge in [0.15, 0.2) is 34.5 Å². The molecule has 0 aliphatic rings. The minimum Gasteiger partial charge on any atom is -0.464 e. The Balaban J connectivity index is 0.000000257. The normalized spacial score (nSPS) is 10.4. The topological polar surface area (TPSA) is 478 Å². The molecule has 5 aromatic heterocycles. The fourth-order valence-electron chi connectivity index (χ4n) is 8.57. The van der Waals surface area contributed by atoms with Crippen molar-refractivity contribution in [1.82, 2.24) is 50.1 Å². The zero-order valence-corrected chi connectivity index (χ0v) is 57.3. The lowest BCUT2D eigenvalue weighted by Crippen LogP contribution is -2.35. The van der Waals surface area contributed by atoms with E-state index in [9.17, 15) is 53.8 Å². The Hall–Kier alpha value is -12.5. The lowest BCUT2D eigenvalue weighted by atomic mass is 10.1. The van der Waals surface area contributed by atoms with E-state index in [4.69, 9.17) is 33.5 Å². The van der Waals surface area contributed by atoms with Crippen molar-refractivity contribution in [3.05, 3.63) is 171 Å². The highest BCUT2D eigenvalue weighted by Crippen LogP contribution is 2.28. The van der Waals surface area contributed by atoms with Gasteiger partial charge in [0, 0.05) is 92.6 Å². The highest BCUT2D eigenvalue weighted by atomic mass is 35.5. The number of hydrogen-bond acceptors (Lipinski definition) is 28. The van der Waals surface area contributed by atoms with Gasteiger partial charge in [0.2, 0.25) is 17.7 Å². The minimum atomic E-state index is -0.696. The lowest BCUT2D eigenvalue weighted by Gasteiger charge is -2.24. The van der Waals surface area contributed by atoms with Crippen LogP contribution in [0.5, 0.6) is 0 Å². The van der Waals surface area contributed by atoms with Crippen LogP contribution in [0.1, 0.15) is 90.8 Å². The smallest absolute Gasteiger partial charge is 0.410 e. The SMILES string of the molecule is CNCCCC(=O)Nc1cccc(-c2cnc(N)c(C(=O)OC)n2)c1.COC(=O)c1nc(-c2cccc(NC(=O)CCCN(C)C(=O)OC(C)(C)C)c2)cnc1N.COC(=O)c1nc(-c2cccc(NC(=O)CCCN(C)c3ccncc3[N+](=O)[O-])c2)cnc1N.O=[N+]([O-])c1cnccc1Cl. The third-order valence-electron chi connectivity index (χ3n) is 13.5. The summed E-state index contributed by atoms with van der Waals surface area (Å²) in [6, 6.07) is 24.0. The molecule has 34 nitrogen and oxygen atoms in total. The zero-order valence-electron chi connectivity index (χ0n) is 56.6. The quantitative estimate of drug-likeness (QED) is 0.00975. The standard InChI is InChI=1S/C22H23N7O5.C22H29N5O5.C17H21N5O3.C5H3ClN2O2/c1-28(17-8-9-24-13-18(17)29(32)33)10-4-7-19(30)26-15-6-3-5-14(11-15)16-12-25-21(23)20(27-16)22(31)34-2;1-22(2,3)32-21(30)27(4)11-7-10-17(28)25-15-9-6-8-14(12-15)16-13-24-19(23)18(26-16)20(29)31-5;1-19-8-4-7-14(23)21-12-6-3-5-11(9-12)13-10-20-16(18)15(22-13)17(24)25-2;6-4-1-2-7-3-5(4)8(9)10/h3,5-6,8-9,11-13H,4,7,10H2,1-2H3,(H2,23,25)(H,26,30);6,8-9,12-13H,7,10-11H2,1-5H3,(H2,23,24)(H,25,28);3,5-6,9-10,19H,4,7-8H2,1-2H3,(H2,18,20)(H,21,23);1-3H. The van der Waals surface area contributed by atoms with Crippen LogP contribution >= 0.6 is 11.6 Å². The molecular formula is C66H76ClN19O15. The van der Waals surface area contributed by atoms with Crippen LogP contribution in [0.25, 0.3) is 33.8 Å². The number of nitro groups is 2. The number of nitrogens with two attached hydrogens (primary N) is 3. The molecule has 0 saturated heterocycles. The number of benzene rings is 3. The summed E-state index contributed by atoms with van der Waals surface area (Å²) in [5.74, 6) is -2.57. The van der Waals surface area contributed by atoms with Crippen LogP contribution in [0.3, 0.4) is 0 Å². The first kappa shape index (κ1) is 79.2. The first-order chi connectivity index (χ1) is 48.1. The Morgan fingerprint density at radius 3 is 1.28 bits per heavy atom. The van der Waals surface area contributed by atoms with Crippen molar-refractivity contribution in [2.24, 2.45) is 0 Å². The molecule has 0 aliphatic carbocycles. The fraction of sp³-hybridized carbons (Fsp3) is 0.288. The van der Waals surface area contributed by atoms with Crippen molar-refractivity contribution in [3.63, 3.8) is 0 Å². The Morgan fingerprint density at radius 2 is 0.921 bits per heavy atom. The van der Waals surface area contributed by atoms with Gasteiger partial charge in [0.05, 0.1) is 66.8 Å². The van der Waals surface area contributed by atoms with Gasteiger partial charge in [-0.1, -0.05) is 48.0 Å². The van der Waals surface area contributed by atoms with Crippen LogP contribution in [-0.2, 0) is 33.3 Å². The van der Waals surface area contributed by atoms with E-state index in [2.05, 4.69) is 75.3 Å². The number of nitrogens with zero attached hydrogens (tertiary/aromatic N) is 12. The van der Waals surface area contributed by atoms with E-state index < -0.39 is 39.4 Å². The number of rotatable bonds is 24. The maximum absolute atomic E-state index is 12.4. The summed E-state index contributed by atoms with van der Waals surface area (Å²) in [6.07, 6.45) is 11.7. The summed E-state index contributed by atoms with van der Waals surface area (Å²) >= 11 is 5.44. The largest absolute Gasteiger partial charge is 0.464 e. The Kier molecular flexibility index (Phi) is 30.6. The summed E-state index contributed by atoms with van der Waals surface area (Å²) < 4.78 is 19.3. The number of ether oxygens (including phenoxy) is 4. The minimum absolute atomic E-state index is 0.00425. The number of halogens is 1. The Bertz CT molecular complexity index is 4240. The number of methoxy groups -OCH3 is 3. The van der Waals surface area contributed by atoms with Gasteiger partial charge in [0.1, 0.15) is 28.7 Å². The van der Waals surface area contributed by atoms with Gasteiger partial charge >= 0.3 is 35.4 Å². The molecule has 0 aliphatic heterocycles. The summed E-state index contributed by atoms with van der Waals surface area (Å²) in [5, 5.41) is 32.8. The van der Waals surface area contributed by atoms with E-state index in [1.165, 1.54) is 69.5 Å². The molecule has 101 heavy (non-hydrogen) atoms. The van der Waals surface area contributed by atoms with Crippen molar-refractivity contribution < 1.29 is 62.4 Å². The van der Waals surface area contributed by atoms with Gasteiger partial charge in [0.25, 0.3) is 0 Å². The number of anilines is 7. The highest BCUT2D eigenvalue weighted by Gasteiger charge is 2.23. The molecule has 0 spiro atoms. The molecule has 532 valence electrons. The number of hydrogen-bond donors (Lipinski definition) is 7. The number of esters is 3. The van der Waals surface area contributed by atoms with E-state index in [1.807, 2.05) is 7.05 Å². The van der Waals surface area contributed by atoms with Crippen LogP contribution in [0.2, 0.25) is 5.02 Å². The predicted molar refractivity (Wildman–Crippen MR) is 376 cm³/mol. The fourth-order valence-corrected chi connectivity index (χ4v) is 8.74. The number of aromatic nitrogens is 8. The van der Waals surface area contributed by atoms with Gasteiger partial charge in [-0.05, 0) is 102 Å². The van der Waals surface area contributed by atoms with Gasteiger partial charge in [-0.25, -0.2) is 49.1 Å². The van der Waals surface area contributed by atoms with Crippen molar-refractivity contribution in [2.45, 2.75) is 64.9 Å². The van der Waals surface area contributed by atoms with E-state index in [0.29, 0.717) is 88.9 Å². The van der Waals surface area contributed by atoms with Crippen LogP contribution in [0.15, 0.2) is 128 Å². The third kappa shape index (κ3) is 25.5. The Labute approximate surface area is 584 Å². The van der Waals surface area contributed by atoms with Crippen LogP contribution in [0.4, 0.5) is 56.4 Å². The van der Waals surface area contributed by atoms with Gasteiger partial charge in [-0.3, -0.25) is 44.6 Å². The number of nitrogen functional groups attached to an aromatic ring is 3. The number of carbonyl (C=O) groups excluding carboxylic acids is 7. The molecule has 8 aromatic rings. The summed E-state index contributed by atoms with van der Waals surface area (Å²) in [6.45, 7) is 7.01. The van der Waals surface area contributed by atoms with E-state index in [0.717, 1.165) is 19.2 Å². The number of carbonyl (C=O) groups is 7. The van der Waals surface area contributed by atoms with Crippen LogP contribution < -0.4 is 43.4 Å². The van der Waals surface area contributed by atoms with Gasteiger partial charge < -0.3 is 67.2 Å². The molecule has 35 heteroatoms. The van der Waals surface area contributed by atoms with E-state index in [1.54, 1.807) is 119 Å². The second-order valence-corrected chi connectivity index (χ2v) is 22.7. The highest BCUT2D eigenvalue weighted by molar-refractivity contribution is 6.32. The zero-order chi connectivity index (χ0) is 74.3. The number of amides is 4. The average Bonchev–Trinajstić information content (AvgIpc) is 0.833. The van der Waals surface area contributed by atoms with Gasteiger partial charge in [-0.2, -0.15) is 0 Å². The molecule has 0 fully saturated rings. The third-order valence-corrected chi connectivity index (χ3v) is 13.8. The maximum atomic E-state index is 12.4. The number of nitrogens with one attached hydrogen (secondary N) is 4. The van der Waals surface area contributed by atoms with Gasteiger partial charge in [-0.15, -0.1) is 0 Å². The summed E-state index contributed by atoms with van der Waals surface area (Å²) in [5.41, 5.74) is 21.4. The van der Waals surface area contributed by atoms with Crippen LogP contribution in [-0.4, -0.2) is 164 Å². The molecule has 8 rings (SSSR count). The lowest BCUT2D eigenvalue weighted by molar-refractivity contribution is -0.385. The molecule has 0 unspecified atom stereocenters. The molecule has 0 bridgehead atoms. The molecule has 10 N–H and O–H groups in total. The first-order valence-electron chi connectivity index (χ1n) is 30.5. The molecule has 0 saturated carbocycles. The monoisotopic (exact) mass is 1410 g/mol. The summed E-state index contributed by atoms with van der Waals surface area (Å²) in [4.78, 5) is 139. The second-order valence-electron chi connectivity index (χ2n) is 22.3. The average molecular weight is 1410 g/mol. The number of pyridine rings is 2. The predicted octanol–water partition coefficient (Wildman–Crippen LogP) is 8.86. The van der Waals surface area contributed by atoms with Crippen molar-refractivity contribution in [1.29, 1.82) is 0 Å². The second kappa shape index (κ2) is 39.1. The molecule has 0 atom stereocenters. The van der Waals surface area contributed by atoms with Crippen LogP contribution in [0, 0.1) is 20.2 Å². The molecule has 0 radical (unpaired) electrons.